The van der Waals surface area contributed by atoms with Gasteiger partial charge in [-0.2, -0.15) is 5.10 Å². The molecule has 88 valence electrons. The molecule has 0 bridgehead atoms. The first-order valence-electron chi connectivity index (χ1n) is 5.23. The van der Waals surface area contributed by atoms with Gasteiger partial charge in [0.15, 0.2) is 5.82 Å². The summed E-state index contributed by atoms with van der Waals surface area (Å²) in [6.07, 6.45) is 0.524. The van der Waals surface area contributed by atoms with Crippen molar-refractivity contribution in [2.24, 2.45) is 0 Å². The molecule has 2 aromatic rings. The van der Waals surface area contributed by atoms with Crippen molar-refractivity contribution in [2.45, 2.75) is 5.92 Å². The van der Waals surface area contributed by atoms with Crippen molar-refractivity contribution < 1.29 is 9.90 Å². The Morgan fingerprint density at radius 1 is 1.47 bits per heavy atom. The van der Waals surface area contributed by atoms with E-state index in [0.717, 1.165) is 11.2 Å². The Hall–Kier alpha value is -2.31. The third-order valence-electron chi connectivity index (χ3n) is 3.08. The highest BCUT2D eigenvalue weighted by Crippen LogP contribution is 2.28. The molecule has 1 amide bonds. The van der Waals surface area contributed by atoms with E-state index in [1.54, 1.807) is 4.52 Å². The van der Waals surface area contributed by atoms with Gasteiger partial charge in [0.1, 0.15) is 11.8 Å². The molecule has 1 aliphatic rings. The molecule has 3 rings (SSSR count). The lowest BCUT2D eigenvalue weighted by Crippen LogP contribution is -2.48. The molecule has 3 heterocycles. The van der Waals surface area contributed by atoms with Crippen molar-refractivity contribution >= 4 is 17.4 Å². The van der Waals surface area contributed by atoms with Crippen LogP contribution >= 0.6 is 0 Å². The predicted octanol–water partition coefficient (Wildman–Crippen LogP) is 0.389. The average molecular weight is 233 g/mol. The monoisotopic (exact) mass is 233 g/mol. The number of hydrogen-bond donors (Lipinski definition) is 2. The Morgan fingerprint density at radius 2 is 2.24 bits per heavy atom. The number of fused-ring (bicyclic) bond motifs is 1. The summed E-state index contributed by atoms with van der Waals surface area (Å²) in [5, 5.41) is 12.9. The van der Waals surface area contributed by atoms with Crippen molar-refractivity contribution in [3.05, 3.63) is 24.2 Å². The Bertz CT molecular complexity index is 587. The number of carbonyl (C=O) groups is 1. The number of anilines is 1. The lowest BCUT2D eigenvalue weighted by Gasteiger charge is -2.36. The Labute approximate surface area is 96.5 Å². The van der Waals surface area contributed by atoms with E-state index in [4.69, 9.17) is 10.8 Å². The fourth-order valence-electron chi connectivity index (χ4n) is 2.10. The normalized spacial score (nSPS) is 16.1. The van der Waals surface area contributed by atoms with Crippen molar-refractivity contribution in [2.75, 3.05) is 18.8 Å². The van der Waals surface area contributed by atoms with Crippen LogP contribution in [0.5, 0.6) is 0 Å². The number of aromatic nitrogens is 3. The largest absolute Gasteiger partial charge is 0.465 e. The zero-order valence-corrected chi connectivity index (χ0v) is 8.95. The third-order valence-corrected chi connectivity index (χ3v) is 3.08. The van der Waals surface area contributed by atoms with Gasteiger partial charge in [-0.3, -0.25) is 0 Å². The summed E-state index contributed by atoms with van der Waals surface area (Å²) >= 11 is 0. The van der Waals surface area contributed by atoms with Crippen molar-refractivity contribution in [3.63, 3.8) is 0 Å². The summed E-state index contributed by atoms with van der Waals surface area (Å²) in [4.78, 5) is 16.0. The molecule has 0 atom stereocenters. The van der Waals surface area contributed by atoms with Crippen LogP contribution in [0, 0.1) is 0 Å². The second-order valence-corrected chi connectivity index (χ2v) is 4.09. The highest BCUT2D eigenvalue weighted by molar-refractivity contribution is 5.68. The second kappa shape index (κ2) is 3.34. The van der Waals surface area contributed by atoms with E-state index in [0.29, 0.717) is 18.9 Å². The van der Waals surface area contributed by atoms with Gasteiger partial charge in [0.05, 0.1) is 0 Å². The van der Waals surface area contributed by atoms with Crippen LogP contribution in [0.1, 0.15) is 11.6 Å². The zero-order valence-electron chi connectivity index (χ0n) is 8.95. The number of carboxylic acid groups (broad SMARTS) is 1. The highest BCUT2D eigenvalue weighted by Gasteiger charge is 2.33. The summed E-state index contributed by atoms with van der Waals surface area (Å²) in [5.41, 5.74) is 7.47. The highest BCUT2D eigenvalue weighted by atomic mass is 16.4. The van der Waals surface area contributed by atoms with E-state index in [1.807, 2.05) is 12.1 Å². The van der Waals surface area contributed by atoms with E-state index in [9.17, 15) is 4.79 Å². The van der Waals surface area contributed by atoms with Gasteiger partial charge in [0.2, 0.25) is 0 Å². The number of hydrogen-bond acceptors (Lipinski definition) is 4. The van der Waals surface area contributed by atoms with Crippen molar-refractivity contribution in [1.29, 1.82) is 0 Å². The fraction of sp³-hybridized carbons (Fsp3) is 0.300. The van der Waals surface area contributed by atoms with Crippen LogP contribution < -0.4 is 5.73 Å². The number of likely N-dealkylation sites (tertiary alicyclic amines) is 1. The van der Waals surface area contributed by atoms with Crippen LogP contribution in [-0.4, -0.2) is 43.8 Å². The standard InChI is InChI=1S/C10H11N5O2/c11-9-8-2-1-7(15(8)13-5-12-9)6-3-14(4-6)10(16)17/h1-2,5-6H,3-4H2,(H,16,17)(H2,11,12,13). The minimum absolute atomic E-state index is 0.183. The maximum Gasteiger partial charge on any atom is 0.407 e. The molecular weight excluding hydrogens is 222 g/mol. The van der Waals surface area contributed by atoms with E-state index < -0.39 is 6.09 Å². The fourth-order valence-corrected chi connectivity index (χ4v) is 2.10. The molecule has 0 saturated carbocycles. The lowest BCUT2D eigenvalue weighted by molar-refractivity contribution is 0.104. The van der Waals surface area contributed by atoms with Gasteiger partial charge < -0.3 is 15.7 Å². The summed E-state index contributed by atoms with van der Waals surface area (Å²) in [6.45, 7) is 1.01. The molecule has 0 unspecified atom stereocenters. The Balaban J connectivity index is 1.93. The minimum Gasteiger partial charge on any atom is -0.465 e. The SMILES string of the molecule is Nc1ncnn2c(C3CN(C(=O)O)C3)ccc12. The molecule has 0 aromatic carbocycles. The van der Waals surface area contributed by atoms with Gasteiger partial charge in [0, 0.05) is 24.7 Å². The van der Waals surface area contributed by atoms with Crippen LogP contribution in [-0.2, 0) is 0 Å². The van der Waals surface area contributed by atoms with E-state index in [1.165, 1.54) is 11.2 Å². The molecular formula is C10H11N5O2. The second-order valence-electron chi connectivity index (χ2n) is 4.09. The topological polar surface area (TPSA) is 96.8 Å². The van der Waals surface area contributed by atoms with Gasteiger partial charge in [-0.15, -0.1) is 0 Å². The first-order chi connectivity index (χ1) is 8.16. The number of nitrogen functional groups attached to an aromatic ring is 1. The summed E-state index contributed by atoms with van der Waals surface area (Å²) < 4.78 is 1.73. The van der Waals surface area contributed by atoms with Crippen LogP contribution in [0.15, 0.2) is 18.5 Å². The molecule has 0 radical (unpaired) electrons. The summed E-state index contributed by atoms with van der Waals surface area (Å²) in [6, 6.07) is 3.78. The zero-order chi connectivity index (χ0) is 12.0. The number of rotatable bonds is 1. The molecule has 7 nitrogen and oxygen atoms in total. The quantitative estimate of drug-likeness (QED) is 0.742. The Morgan fingerprint density at radius 3 is 2.94 bits per heavy atom. The minimum atomic E-state index is -0.878. The van der Waals surface area contributed by atoms with Crippen LogP contribution in [0.3, 0.4) is 0 Å². The molecule has 1 fully saturated rings. The molecule has 3 N–H and O–H groups in total. The predicted molar refractivity (Wildman–Crippen MR) is 59.7 cm³/mol. The molecule has 17 heavy (non-hydrogen) atoms. The molecule has 0 spiro atoms. The van der Waals surface area contributed by atoms with E-state index >= 15 is 0 Å². The lowest BCUT2D eigenvalue weighted by atomic mass is 9.97. The molecule has 1 saturated heterocycles. The van der Waals surface area contributed by atoms with Crippen molar-refractivity contribution in [1.82, 2.24) is 19.5 Å². The number of nitrogens with zero attached hydrogens (tertiary/aromatic N) is 4. The van der Waals surface area contributed by atoms with E-state index in [2.05, 4.69) is 10.1 Å². The van der Waals surface area contributed by atoms with Gasteiger partial charge in [-0.1, -0.05) is 0 Å². The van der Waals surface area contributed by atoms with Crippen LogP contribution in [0.25, 0.3) is 5.52 Å². The first-order valence-corrected chi connectivity index (χ1v) is 5.23. The number of amides is 1. The smallest absolute Gasteiger partial charge is 0.407 e. The number of nitrogens with two attached hydrogens (primary N) is 1. The van der Waals surface area contributed by atoms with Gasteiger partial charge in [-0.05, 0) is 12.1 Å². The third kappa shape index (κ3) is 1.39. The van der Waals surface area contributed by atoms with Crippen LogP contribution in [0.2, 0.25) is 0 Å². The molecule has 7 heteroatoms. The average Bonchev–Trinajstić information content (AvgIpc) is 2.61. The van der Waals surface area contributed by atoms with Gasteiger partial charge in [-0.25, -0.2) is 14.3 Å². The van der Waals surface area contributed by atoms with Gasteiger partial charge >= 0.3 is 6.09 Å². The van der Waals surface area contributed by atoms with Gasteiger partial charge in [0.25, 0.3) is 0 Å². The first kappa shape index (κ1) is 9.88. The molecule has 2 aromatic heterocycles. The maximum atomic E-state index is 10.7. The summed E-state index contributed by atoms with van der Waals surface area (Å²) in [5.74, 6) is 0.614. The Kier molecular flexibility index (Phi) is 1.94. The van der Waals surface area contributed by atoms with E-state index in [-0.39, 0.29) is 5.92 Å². The van der Waals surface area contributed by atoms with Crippen molar-refractivity contribution in [3.8, 4) is 0 Å². The van der Waals surface area contributed by atoms with Crippen LogP contribution in [0.4, 0.5) is 10.6 Å². The maximum absolute atomic E-state index is 10.7. The molecule has 0 aliphatic carbocycles. The molecule has 1 aliphatic heterocycles. The summed E-state index contributed by atoms with van der Waals surface area (Å²) in [7, 11) is 0.